The fraction of sp³-hybridized carbons (Fsp3) is 0.615. The summed E-state index contributed by atoms with van der Waals surface area (Å²) in [6.45, 7) is 7.24. The fourth-order valence-electron chi connectivity index (χ4n) is 1.85. The summed E-state index contributed by atoms with van der Waals surface area (Å²) in [6, 6.07) is 3.77. The molecule has 0 aliphatic rings. The maximum Gasteiger partial charge on any atom is 0.126 e. The highest BCUT2D eigenvalue weighted by Crippen LogP contribution is 2.11. The van der Waals surface area contributed by atoms with Crippen LogP contribution in [0.25, 0.3) is 0 Å². The Morgan fingerprint density at radius 3 is 2.71 bits per heavy atom. The van der Waals surface area contributed by atoms with Crippen molar-refractivity contribution < 1.29 is 5.11 Å². The van der Waals surface area contributed by atoms with Crippen molar-refractivity contribution >= 4 is 5.82 Å². The Morgan fingerprint density at radius 1 is 1.41 bits per heavy atom. The van der Waals surface area contributed by atoms with Gasteiger partial charge in [0.25, 0.3) is 0 Å². The van der Waals surface area contributed by atoms with Crippen LogP contribution in [0.5, 0.6) is 0 Å². The lowest BCUT2D eigenvalue weighted by Crippen LogP contribution is -2.27. The van der Waals surface area contributed by atoms with Gasteiger partial charge in [0.05, 0.1) is 6.10 Å². The van der Waals surface area contributed by atoms with Crippen molar-refractivity contribution in [1.82, 2.24) is 9.88 Å². The van der Waals surface area contributed by atoms with E-state index in [0.717, 1.165) is 31.6 Å². The highest BCUT2D eigenvalue weighted by atomic mass is 16.3. The summed E-state index contributed by atoms with van der Waals surface area (Å²) in [5.74, 6) is 0.523. The Morgan fingerprint density at radius 2 is 2.12 bits per heavy atom. The Labute approximate surface area is 103 Å². The number of aliphatic hydroxyl groups excluding tert-OH is 1. The molecule has 0 saturated heterocycles. The van der Waals surface area contributed by atoms with Gasteiger partial charge < -0.3 is 15.7 Å². The van der Waals surface area contributed by atoms with Crippen LogP contribution in [0.1, 0.15) is 25.8 Å². The number of hydrogen-bond donors (Lipinski definition) is 2. The highest BCUT2D eigenvalue weighted by Gasteiger charge is 2.10. The molecule has 1 aromatic heterocycles. The van der Waals surface area contributed by atoms with Gasteiger partial charge in [0.2, 0.25) is 0 Å². The first kappa shape index (κ1) is 13.9. The predicted octanol–water partition coefficient (Wildman–Crippen LogP) is 1.30. The van der Waals surface area contributed by atoms with Gasteiger partial charge in [0.15, 0.2) is 0 Å². The number of nitrogen functional groups attached to an aromatic ring is 1. The molecule has 1 heterocycles. The van der Waals surface area contributed by atoms with Crippen LogP contribution in [-0.4, -0.2) is 40.7 Å². The van der Waals surface area contributed by atoms with Crippen LogP contribution in [0.4, 0.5) is 5.82 Å². The van der Waals surface area contributed by atoms with E-state index >= 15 is 0 Å². The van der Waals surface area contributed by atoms with E-state index in [9.17, 15) is 5.11 Å². The second kappa shape index (κ2) is 7.25. The Hall–Kier alpha value is -1.13. The van der Waals surface area contributed by atoms with E-state index in [2.05, 4.69) is 23.7 Å². The zero-order chi connectivity index (χ0) is 12.7. The number of aromatic nitrogens is 1. The minimum absolute atomic E-state index is 0.345. The second-order valence-corrected chi connectivity index (χ2v) is 4.22. The molecular weight excluding hydrogens is 214 g/mol. The van der Waals surface area contributed by atoms with Crippen LogP contribution in [0.2, 0.25) is 0 Å². The molecule has 0 aliphatic carbocycles. The molecular formula is C13H23N3O. The van der Waals surface area contributed by atoms with Crippen molar-refractivity contribution in [3.63, 3.8) is 0 Å². The van der Waals surface area contributed by atoms with Crippen molar-refractivity contribution in [2.45, 2.75) is 32.8 Å². The van der Waals surface area contributed by atoms with Crippen molar-refractivity contribution in [3.05, 3.63) is 23.9 Å². The smallest absolute Gasteiger partial charge is 0.126 e. The first-order valence-corrected chi connectivity index (χ1v) is 6.27. The van der Waals surface area contributed by atoms with E-state index in [1.807, 2.05) is 12.1 Å². The molecule has 4 heteroatoms. The zero-order valence-corrected chi connectivity index (χ0v) is 10.8. The van der Waals surface area contributed by atoms with Crippen LogP contribution in [-0.2, 0) is 6.42 Å². The minimum Gasteiger partial charge on any atom is -0.393 e. The lowest BCUT2D eigenvalue weighted by Gasteiger charge is -2.20. The van der Waals surface area contributed by atoms with E-state index in [1.54, 1.807) is 6.20 Å². The Balaban J connectivity index is 2.39. The van der Waals surface area contributed by atoms with E-state index in [4.69, 9.17) is 5.73 Å². The molecule has 1 atom stereocenters. The quantitative estimate of drug-likeness (QED) is 0.750. The van der Waals surface area contributed by atoms with Crippen molar-refractivity contribution in [1.29, 1.82) is 0 Å². The maximum atomic E-state index is 9.96. The lowest BCUT2D eigenvalue weighted by molar-refractivity contribution is 0.144. The van der Waals surface area contributed by atoms with Gasteiger partial charge >= 0.3 is 0 Å². The molecule has 0 aromatic carbocycles. The van der Waals surface area contributed by atoms with Gasteiger partial charge in [0, 0.05) is 19.2 Å². The number of aliphatic hydroxyl groups is 1. The molecule has 4 nitrogen and oxygen atoms in total. The molecule has 0 spiro atoms. The third-order valence-electron chi connectivity index (χ3n) is 3.05. The monoisotopic (exact) mass is 237 g/mol. The molecule has 0 amide bonds. The molecule has 3 N–H and O–H groups in total. The van der Waals surface area contributed by atoms with E-state index in [1.165, 1.54) is 0 Å². The summed E-state index contributed by atoms with van der Waals surface area (Å²) >= 11 is 0. The lowest BCUT2D eigenvalue weighted by atomic mass is 10.1. The molecule has 96 valence electrons. The van der Waals surface area contributed by atoms with Gasteiger partial charge in [-0.2, -0.15) is 0 Å². The summed E-state index contributed by atoms with van der Waals surface area (Å²) in [6.07, 6.45) is 2.68. The topological polar surface area (TPSA) is 62.4 Å². The summed E-state index contributed by atoms with van der Waals surface area (Å²) in [5.41, 5.74) is 6.67. The number of pyridine rings is 1. The number of nitrogens with two attached hydrogens (primary N) is 1. The SMILES string of the molecule is CCN(CC)CCC(O)Cc1cccnc1N. The van der Waals surface area contributed by atoms with Crippen LogP contribution < -0.4 is 5.73 Å². The van der Waals surface area contributed by atoms with E-state index in [0.29, 0.717) is 12.2 Å². The van der Waals surface area contributed by atoms with Crippen molar-refractivity contribution in [3.8, 4) is 0 Å². The first-order valence-electron chi connectivity index (χ1n) is 6.27. The molecule has 0 aliphatic heterocycles. The van der Waals surface area contributed by atoms with Gasteiger partial charge in [0.1, 0.15) is 5.82 Å². The number of hydrogen-bond acceptors (Lipinski definition) is 4. The Bertz CT molecular complexity index is 326. The highest BCUT2D eigenvalue weighted by molar-refractivity contribution is 5.38. The minimum atomic E-state index is -0.345. The first-order chi connectivity index (χ1) is 8.17. The molecule has 0 saturated carbocycles. The third kappa shape index (κ3) is 4.71. The zero-order valence-electron chi connectivity index (χ0n) is 10.8. The Kier molecular flexibility index (Phi) is 5.94. The average Bonchev–Trinajstić information content (AvgIpc) is 2.33. The standard InChI is InChI=1S/C13H23N3O/c1-3-16(4-2)9-7-12(17)10-11-6-5-8-15-13(11)14/h5-6,8,12,17H,3-4,7,9-10H2,1-2H3,(H2,14,15). The molecule has 1 aromatic rings. The van der Waals surface area contributed by atoms with Gasteiger partial charge in [-0.1, -0.05) is 19.9 Å². The molecule has 1 rings (SSSR count). The van der Waals surface area contributed by atoms with Crippen LogP contribution >= 0.6 is 0 Å². The molecule has 1 unspecified atom stereocenters. The normalized spacial score (nSPS) is 12.9. The maximum absolute atomic E-state index is 9.96. The average molecular weight is 237 g/mol. The number of anilines is 1. The predicted molar refractivity (Wildman–Crippen MR) is 70.8 cm³/mol. The summed E-state index contributed by atoms with van der Waals surface area (Å²) in [5, 5.41) is 9.96. The van der Waals surface area contributed by atoms with Crippen LogP contribution in [0, 0.1) is 0 Å². The van der Waals surface area contributed by atoms with Gasteiger partial charge in [-0.05, 0) is 31.1 Å². The van der Waals surface area contributed by atoms with Gasteiger partial charge in [-0.3, -0.25) is 0 Å². The molecule has 0 radical (unpaired) electrons. The van der Waals surface area contributed by atoms with Gasteiger partial charge in [-0.25, -0.2) is 4.98 Å². The van der Waals surface area contributed by atoms with Gasteiger partial charge in [-0.15, -0.1) is 0 Å². The molecule has 0 bridgehead atoms. The largest absolute Gasteiger partial charge is 0.393 e. The fourth-order valence-corrected chi connectivity index (χ4v) is 1.85. The third-order valence-corrected chi connectivity index (χ3v) is 3.05. The summed E-state index contributed by atoms with van der Waals surface area (Å²) < 4.78 is 0. The van der Waals surface area contributed by atoms with Crippen molar-refractivity contribution in [2.75, 3.05) is 25.4 Å². The van der Waals surface area contributed by atoms with E-state index in [-0.39, 0.29) is 6.10 Å². The second-order valence-electron chi connectivity index (χ2n) is 4.22. The molecule has 17 heavy (non-hydrogen) atoms. The van der Waals surface area contributed by atoms with Crippen LogP contribution in [0.15, 0.2) is 18.3 Å². The summed E-state index contributed by atoms with van der Waals surface area (Å²) in [7, 11) is 0. The molecule has 0 fully saturated rings. The van der Waals surface area contributed by atoms with Crippen LogP contribution in [0.3, 0.4) is 0 Å². The number of nitrogens with zero attached hydrogens (tertiary/aromatic N) is 2. The summed E-state index contributed by atoms with van der Waals surface area (Å²) in [4.78, 5) is 6.32. The van der Waals surface area contributed by atoms with Crippen molar-refractivity contribution in [2.24, 2.45) is 0 Å². The van der Waals surface area contributed by atoms with E-state index < -0.39 is 0 Å². The number of rotatable bonds is 7.